The van der Waals surface area contributed by atoms with Crippen LogP contribution in [0.3, 0.4) is 0 Å². The average molecular weight is 208 g/mol. The summed E-state index contributed by atoms with van der Waals surface area (Å²) < 4.78 is 5.40. The van der Waals surface area contributed by atoms with Crippen molar-refractivity contribution < 1.29 is 9.53 Å². The molecule has 0 heterocycles. The first-order valence-corrected chi connectivity index (χ1v) is 6.00. The van der Waals surface area contributed by atoms with E-state index in [0.29, 0.717) is 24.0 Å². The molecule has 0 aliphatic heterocycles. The molecule has 2 heteroatoms. The van der Waals surface area contributed by atoms with Gasteiger partial charge in [-0.2, -0.15) is 0 Å². The van der Waals surface area contributed by atoms with Gasteiger partial charge in [0.15, 0.2) is 0 Å². The fourth-order valence-electron chi connectivity index (χ4n) is 3.03. The Morgan fingerprint density at radius 1 is 1.33 bits per heavy atom. The number of ether oxygens (including phenoxy) is 1. The zero-order valence-electron chi connectivity index (χ0n) is 9.66. The van der Waals surface area contributed by atoms with Crippen molar-refractivity contribution in [2.24, 2.45) is 17.8 Å². The minimum absolute atomic E-state index is 0.0775. The van der Waals surface area contributed by atoms with Gasteiger partial charge in [0.25, 0.3) is 0 Å². The predicted molar refractivity (Wildman–Crippen MR) is 59.3 cm³/mol. The fraction of sp³-hybridized carbons (Fsp3) is 0.769. The Kier molecular flexibility index (Phi) is 3.13. The van der Waals surface area contributed by atoms with E-state index in [9.17, 15) is 4.79 Å². The molecule has 0 N–H and O–H groups in total. The fourth-order valence-corrected chi connectivity index (χ4v) is 3.03. The summed E-state index contributed by atoms with van der Waals surface area (Å²) in [6.07, 6.45) is 7.80. The maximum atomic E-state index is 12.0. The van der Waals surface area contributed by atoms with Crippen LogP contribution in [0.5, 0.6) is 0 Å². The molecule has 1 fully saturated rings. The van der Waals surface area contributed by atoms with Gasteiger partial charge in [0.1, 0.15) is 11.5 Å². The van der Waals surface area contributed by atoms with Crippen LogP contribution in [0, 0.1) is 17.8 Å². The van der Waals surface area contributed by atoms with E-state index in [1.54, 1.807) is 7.11 Å². The Hall–Kier alpha value is -0.790. The summed E-state index contributed by atoms with van der Waals surface area (Å²) in [7, 11) is 1.69. The highest BCUT2D eigenvalue weighted by atomic mass is 16.5. The van der Waals surface area contributed by atoms with E-state index in [0.717, 1.165) is 5.76 Å². The molecule has 2 atom stereocenters. The van der Waals surface area contributed by atoms with Gasteiger partial charge < -0.3 is 4.74 Å². The summed E-state index contributed by atoms with van der Waals surface area (Å²) >= 11 is 0. The van der Waals surface area contributed by atoms with Gasteiger partial charge in [0.05, 0.1) is 13.0 Å². The smallest absolute Gasteiger partial charge is 0.144 e. The first-order valence-electron chi connectivity index (χ1n) is 6.00. The molecule has 2 aliphatic carbocycles. The molecule has 0 amide bonds. The summed E-state index contributed by atoms with van der Waals surface area (Å²) in [6, 6.07) is 0. The van der Waals surface area contributed by atoms with Crippen LogP contribution in [0.25, 0.3) is 0 Å². The van der Waals surface area contributed by atoms with Crippen molar-refractivity contribution in [3.8, 4) is 0 Å². The van der Waals surface area contributed by atoms with Crippen LogP contribution in [0.4, 0.5) is 0 Å². The Bertz CT molecular complexity index is 274. The number of methoxy groups -OCH3 is 1. The normalized spacial score (nSPS) is 32.9. The van der Waals surface area contributed by atoms with Gasteiger partial charge in [-0.3, -0.25) is 4.79 Å². The van der Waals surface area contributed by atoms with E-state index in [1.165, 1.54) is 25.7 Å². The molecule has 0 aromatic carbocycles. The molecule has 15 heavy (non-hydrogen) atoms. The molecule has 0 bridgehead atoms. The maximum absolute atomic E-state index is 12.0. The Labute approximate surface area is 91.7 Å². The van der Waals surface area contributed by atoms with Crippen LogP contribution in [-0.4, -0.2) is 12.9 Å². The molecule has 0 spiro atoms. The predicted octanol–water partition coefficient (Wildman–Crippen LogP) is 2.93. The SMILES string of the molecule is COC1=CC(C)CC(=O)C1C1CCCC1. The average Bonchev–Trinajstić information content (AvgIpc) is 2.69. The molecular formula is C13H20O2. The first-order chi connectivity index (χ1) is 7.22. The van der Waals surface area contributed by atoms with E-state index >= 15 is 0 Å². The third kappa shape index (κ3) is 2.09. The van der Waals surface area contributed by atoms with Crippen LogP contribution in [-0.2, 0) is 9.53 Å². The lowest BCUT2D eigenvalue weighted by atomic mass is 9.78. The lowest BCUT2D eigenvalue weighted by Crippen LogP contribution is -2.30. The lowest BCUT2D eigenvalue weighted by molar-refractivity contribution is -0.125. The zero-order valence-corrected chi connectivity index (χ0v) is 9.66. The van der Waals surface area contributed by atoms with Gasteiger partial charge in [-0.05, 0) is 30.8 Å². The van der Waals surface area contributed by atoms with Crippen molar-refractivity contribution >= 4 is 5.78 Å². The standard InChI is InChI=1S/C13H20O2/c1-9-7-11(14)13(12(8-9)15-2)10-5-3-4-6-10/h8-10,13H,3-7H2,1-2H3. The van der Waals surface area contributed by atoms with E-state index in [2.05, 4.69) is 13.0 Å². The molecule has 2 aliphatic rings. The summed E-state index contributed by atoms with van der Waals surface area (Å²) in [4.78, 5) is 12.0. The third-order valence-electron chi connectivity index (χ3n) is 3.73. The van der Waals surface area contributed by atoms with Crippen LogP contribution in [0.2, 0.25) is 0 Å². The number of rotatable bonds is 2. The first kappa shape index (κ1) is 10.7. The molecule has 1 saturated carbocycles. The van der Waals surface area contributed by atoms with Crippen LogP contribution in [0.15, 0.2) is 11.8 Å². The van der Waals surface area contributed by atoms with Gasteiger partial charge in [-0.1, -0.05) is 19.8 Å². The van der Waals surface area contributed by atoms with Gasteiger partial charge >= 0.3 is 0 Å². The quantitative estimate of drug-likeness (QED) is 0.697. The van der Waals surface area contributed by atoms with Crippen molar-refractivity contribution in [2.75, 3.05) is 7.11 Å². The van der Waals surface area contributed by atoms with E-state index in [1.807, 2.05) is 0 Å². The van der Waals surface area contributed by atoms with Crippen molar-refractivity contribution in [1.29, 1.82) is 0 Å². The number of allylic oxidation sites excluding steroid dienone is 2. The second kappa shape index (κ2) is 4.38. The highest BCUT2D eigenvalue weighted by Crippen LogP contribution is 2.39. The highest BCUT2D eigenvalue weighted by molar-refractivity contribution is 5.85. The van der Waals surface area contributed by atoms with Gasteiger partial charge in [-0.15, -0.1) is 0 Å². The minimum atomic E-state index is 0.0775. The molecule has 0 aromatic rings. The monoisotopic (exact) mass is 208 g/mol. The van der Waals surface area contributed by atoms with Gasteiger partial charge in [0, 0.05) is 6.42 Å². The zero-order chi connectivity index (χ0) is 10.8. The Morgan fingerprint density at radius 3 is 2.60 bits per heavy atom. The Morgan fingerprint density at radius 2 is 2.00 bits per heavy atom. The van der Waals surface area contributed by atoms with E-state index in [4.69, 9.17) is 4.74 Å². The number of Topliss-reactive ketones (excluding diaryl/α,β-unsaturated/α-hetero) is 1. The maximum Gasteiger partial charge on any atom is 0.144 e. The molecule has 0 radical (unpaired) electrons. The molecule has 2 unspecified atom stereocenters. The number of hydrogen-bond acceptors (Lipinski definition) is 2. The summed E-state index contributed by atoms with van der Waals surface area (Å²) in [5.74, 6) is 2.31. The molecule has 0 aromatic heterocycles. The van der Waals surface area contributed by atoms with Crippen LogP contribution < -0.4 is 0 Å². The number of carbonyl (C=O) groups excluding carboxylic acids is 1. The summed E-state index contributed by atoms with van der Waals surface area (Å²) in [6.45, 7) is 2.09. The van der Waals surface area contributed by atoms with Crippen molar-refractivity contribution in [2.45, 2.75) is 39.0 Å². The largest absolute Gasteiger partial charge is 0.501 e. The van der Waals surface area contributed by atoms with Crippen LogP contribution in [0.1, 0.15) is 39.0 Å². The highest BCUT2D eigenvalue weighted by Gasteiger charge is 2.37. The molecule has 0 saturated heterocycles. The topological polar surface area (TPSA) is 26.3 Å². The molecule has 84 valence electrons. The van der Waals surface area contributed by atoms with Gasteiger partial charge in [-0.25, -0.2) is 0 Å². The number of ketones is 1. The van der Waals surface area contributed by atoms with Gasteiger partial charge in [0.2, 0.25) is 0 Å². The summed E-state index contributed by atoms with van der Waals surface area (Å²) in [5, 5.41) is 0. The second-order valence-corrected chi connectivity index (χ2v) is 4.94. The molecular weight excluding hydrogens is 188 g/mol. The Balaban J connectivity index is 2.19. The van der Waals surface area contributed by atoms with Crippen LogP contribution >= 0.6 is 0 Å². The van der Waals surface area contributed by atoms with Crippen molar-refractivity contribution in [3.05, 3.63) is 11.8 Å². The number of carbonyl (C=O) groups is 1. The minimum Gasteiger partial charge on any atom is -0.501 e. The lowest BCUT2D eigenvalue weighted by Gasteiger charge is -2.29. The molecule has 2 nitrogen and oxygen atoms in total. The molecule has 2 rings (SSSR count). The van der Waals surface area contributed by atoms with E-state index < -0.39 is 0 Å². The van der Waals surface area contributed by atoms with Crippen molar-refractivity contribution in [3.63, 3.8) is 0 Å². The van der Waals surface area contributed by atoms with E-state index in [-0.39, 0.29) is 5.92 Å². The third-order valence-corrected chi connectivity index (χ3v) is 3.73. The summed E-state index contributed by atoms with van der Waals surface area (Å²) in [5.41, 5.74) is 0. The second-order valence-electron chi connectivity index (χ2n) is 4.94. The van der Waals surface area contributed by atoms with Crippen molar-refractivity contribution in [1.82, 2.24) is 0 Å². The number of hydrogen-bond donors (Lipinski definition) is 0.